The first-order valence-corrected chi connectivity index (χ1v) is 10.3. The van der Waals surface area contributed by atoms with Crippen LogP contribution < -0.4 is 14.8 Å². The molecule has 0 aliphatic carbocycles. The first kappa shape index (κ1) is 20.1. The van der Waals surface area contributed by atoms with Crippen molar-refractivity contribution in [3.63, 3.8) is 0 Å². The number of carbonyl (C=O) groups is 1. The molecular formula is C24H27N3O3. The number of aromatic nitrogens is 2. The molecule has 1 N–H and O–H groups in total. The molecule has 1 aliphatic heterocycles. The Morgan fingerprint density at radius 2 is 1.97 bits per heavy atom. The maximum Gasteiger partial charge on any atom is 0.220 e. The summed E-state index contributed by atoms with van der Waals surface area (Å²) in [6, 6.07) is 11.8. The van der Waals surface area contributed by atoms with Crippen LogP contribution in [-0.4, -0.2) is 34.1 Å². The number of nitrogens with one attached hydrogen (secondary N) is 1. The molecule has 156 valence electrons. The van der Waals surface area contributed by atoms with Gasteiger partial charge in [-0.15, -0.1) is 0 Å². The highest BCUT2D eigenvalue weighted by atomic mass is 16.5. The zero-order chi connectivity index (χ0) is 21.3. The minimum Gasteiger partial charge on any atom is -0.490 e. The summed E-state index contributed by atoms with van der Waals surface area (Å²) in [7, 11) is 0. The van der Waals surface area contributed by atoms with Crippen LogP contribution in [0, 0.1) is 5.92 Å². The van der Waals surface area contributed by atoms with Crippen LogP contribution in [0.25, 0.3) is 22.0 Å². The topological polar surface area (TPSA) is 73.3 Å². The molecule has 6 nitrogen and oxygen atoms in total. The fourth-order valence-electron chi connectivity index (χ4n) is 3.59. The summed E-state index contributed by atoms with van der Waals surface area (Å²) in [5.41, 5.74) is 2.49. The Balaban J connectivity index is 1.65. The molecule has 0 saturated carbocycles. The first-order valence-electron chi connectivity index (χ1n) is 10.3. The Morgan fingerprint density at radius 1 is 1.13 bits per heavy atom. The van der Waals surface area contributed by atoms with Crippen LogP contribution in [0.4, 0.5) is 0 Å². The predicted molar refractivity (Wildman–Crippen MR) is 117 cm³/mol. The predicted octanol–water partition coefficient (Wildman–Crippen LogP) is 4.38. The van der Waals surface area contributed by atoms with Crippen LogP contribution in [0.2, 0.25) is 0 Å². The molecule has 0 radical (unpaired) electrons. The van der Waals surface area contributed by atoms with Crippen molar-refractivity contribution in [1.82, 2.24) is 15.3 Å². The van der Waals surface area contributed by atoms with Crippen molar-refractivity contribution in [2.45, 2.75) is 45.8 Å². The average Bonchev–Trinajstić information content (AvgIpc) is 3.14. The molecule has 3 aromatic rings. The van der Waals surface area contributed by atoms with Gasteiger partial charge < -0.3 is 14.8 Å². The lowest BCUT2D eigenvalue weighted by Gasteiger charge is -2.21. The van der Waals surface area contributed by atoms with E-state index in [9.17, 15) is 4.79 Å². The summed E-state index contributed by atoms with van der Waals surface area (Å²) < 4.78 is 12.2. The fraction of sp³-hybridized carbons (Fsp3) is 0.375. The number of hydrogen-bond acceptors (Lipinski definition) is 5. The third-order valence-electron chi connectivity index (χ3n) is 5.15. The average molecular weight is 405 g/mol. The van der Waals surface area contributed by atoms with Gasteiger partial charge in [-0.25, -0.2) is 4.98 Å². The fourth-order valence-corrected chi connectivity index (χ4v) is 3.59. The van der Waals surface area contributed by atoms with Crippen molar-refractivity contribution in [3.8, 4) is 22.8 Å². The molecule has 4 rings (SSSR count). The second-order valence-electron chi connectivity index (χ2n) is 8.74. The SMILES string of the molecule is C[C@@H](Oc1cc(-c2ccc(OC(C)(C)C)nc2)cc2ncccc12)C1CNC(=O)C1. The van der Waals surface area contributed by atoms with E-state index in [2.05, 4.69) is 15.3 Å². The summed E-state index contributed by atoms with van der Waals surface area (Å²) in [4.78, 5) is 20.6. The van der Waals surface area contributed by atoms with E-state index in [-0.39, 0.29) is 23.5 Å². The summed E-state index contributed by atoms with van der Waals surface area (Å²) in [6.45, 7) is 8.65. The van der Waals surface area contributed by atoms with Gasteiger partial charge in [0.25, 0.3) is 0 Å². The van der Waals surface area contributed by atoms with Crippen molar-refractivity contribution < 1.29 is 14.3 Å². The van der Waals surface area contributed by atoms with Gasteiger partial charge in [-0.1, -0.05) is 0 Å². The second kappa shape index (κ2) is 7.94. The normalized spacial score (nSPS) is 17.6. The Kier molecular flexibility index (Phi) is 5.33. The van der Waals surface area contributed by atoms with Gasteiger partial charge in [0.1, 0.15) is 17.5 Å². The molecule has 2 aromatic heterocycles. The Labute approximate surface area is 176 Å². The zero-order valence-electron chi connectivity index (χ0n) is 17.8. The molecule has 6 heteroatoms. The van der Waals surface area contributed by atoms with Crippen LogP contribution in [0.5, 0.6) is 11.6 Å². The highest BCUT2D eigenvalue weighted by molar-refractivity contribution is 5.90. The van der Waals surface area contributed by atoms with E-state index in [1.807, 2.05) is 64.1 Å². The van der Waals surface area contributed by atoms with E-state index in [0.29, 0.717) is 18.8 Å². The smallest absolute Gasteiger partial charge is 0.220 e. The van der Waals surface area contributed by atoms with Crippen molar-refractivity contribution in [2.75, 3.05) is 6.54 Å². The molecular weight excluding hydrogens is 378 g/mol. The van der Waals surface area contributed by atoms with Crippen LogP contribution in [0.1, 0.15) is 34.1 Å². The molecule has 0 spiro atoms. The lowest BCUT2D eigenvalue weighted by atomic mass is 10.0. The largest absolute Gasteiger partial charge is 0.490 e. The minimum absolute atomic E-state index is 0.0827. The number of fused-ring (bicyclic) bond motifs is 1. The molecule has 2 atom stereocenters. The number of amides is 1. The van der Waals surface area contributed by atoms with Gasteiger partial charge in [0.2, 0.25) is 11.8 Å². The number of rotatable bonds is 5. The maximum absolute atomic E-state index is 11.6. The summed E-state index contributed by atoms with van der Waals surface area (Å²) in [5.74, 6) is 1.59. The number of benzene rings is 1. The Bertz CT molecular complexity index is 1060. The molecule has 1 fully saturated rings. The van der Waals surface area contributed by atoms with Gasteiger partial charge in [0.05, 0.1) is 5.52 Å². The van der Waals surface area contributed by atoms with E-state index in [0.717, 1.165) is 27.8 Å². The van der Waals surface area contributed by atoms with Gasteiger partial charge in [0, 0.05) is 48.3 Å². The molecule has 3 heterocycles. The van der Waals surface area contributed by atoms with Crippen LogP contribution in [0.15, 0.2) is 48.8 Å². The lowest BCUT2D eigenvalue weighted by Crippen LogP contribution is -2.25. The molecule has 1 aliphatic rings. The highest BCUT2D eigenvalue weighted by Gasteiger charge is 2.28. The Morgan fingerprint density at radius 3 is 2.63 bits per heavy atom. The summed E-state index contributed by atoms with van der Waals surface area (Å²) >= 11 is 0. The van der Waals surface area contributed by atoms with Crippen LogP contribution in [-0.2, 0) is 4.79 Å². The number of carbonyl (C=O) groups excluding carboxylic acids is 1. The molecule has 0 bridgehead atoms. The number of hydrogen-bond donors (Lipinski definition) is 1. The van der Waals surface area contributed by atoms with E-state index in [4.69, 9.17) is 9.47 Å². The standard InChI is InChI=1S/C24H27N3O3/c1-15(18-12-22(28)26-14-18)29-21-11-17(10-20-19(21)6-5-9-25-20)16-7-8-23(27-13-16)30-24(2,3)4/h5-11,13,15,18H,12,14H2,1-4H3,(H,26,28)/t15-,18?/m1/s1. The van der Waals surface area contributed by atoms with E-state index >= 15 is 0 Å². The number of ether oxygens (including phenoxy) is 2. The molecule has 1 aromatic carbocycles. The quantitative estimate of drug-likeness (QED) is 0.682. The van der Waals surface area contributed by atoms with E-state index in [1.54, 1.807) is 12.4 Å². The van der Waals surface area contributed by atoms with Crippen LogP contribution in [0.3, 0.4) is 0 Å². The molecule has 1 unspecified atom stereocenters. The maximum atomic E-state index is 11.6. The van der Waals surface area contributed by atoms with E-state index in [1.165, 1.54) is 0 Å². The number of nitrogens with zero attached hydrogens (tertiary/aromatic N) is 2. The van der Waals surface area contributed by atoms with Crippen molar-refractivity contribution >= 4 is 16.8 Å². The highest BCUT2D eigenvalue weighted by Crippen LogP contribution is 2.33. The third-order valence-corrected chi connectivity index (χ3v) is 5.15. The lowest BCUT2D eigenvalue weighted by molar-refractivity contribution is -0.119. The van der Waals surface area contributed by atoms with Crippen molar-refractivity contribution in [1.29, 1.82) is 0 Å². The summed E-state index contributed by atoms with van der Waals surface area (Å²) in [5, 5.41) is 3.83. The second-order valence-corrected chi connectivity index (χ2v) is 8.74. The molecule has 1 saturated heterocycles. The zero-order valence-corrected chi connectivity index (χ0v) is 17.8. The summed E-state index contributed by atoms with van der Waals surface area (Å²) in [6.07, 6.45) is 3.98. The van der Waals surface area contributed by atoms with Gasteiger partial charge in [-0.05, 0) is 63.6 Å². The van der Waals surface area contributed by atoms with Gasteiger partial charge >= 0.3 is 0 Å². The Hall–Kier alpha value is -3.15. The molecule has 30 heavy (non-hydrogen) atoms. The van der Waals surface area contributed by atoms with Crippen molar-refractivity contribution in [2.24, 2.45) is 5.92 Å². The minimum atomic E-state index is -0.297. The van der Waals surface area contributed by atoms with Gasteiger partial charge in [-0.2, -0.15) is 0 Å². The van der Waals surface area contributed by atoms with Crippen molar-refractivity contribution in [3.05, 3.63) is 48.8 Å². The van der Waals surface area contributed by atoms with Gasteiger partial charge in [0.15, 0.2) is 0 Å². The third kappa shape index (κ3) is 4.53. The van der Waals surface area contributed by atoms with Crippen LogP contribution >= 0.6 is 0 Å². The van der Waals surface area contributed by atoms with E-state index < -0.39 is 0 Å². The number of pyridine rings is 2. The van der Waals surface area contributed by atoms with Gasteiger partial charge in [-0.3, -0.25) is 9.78 Å². The first-order chi connectivity index (χ1) is 14.3. The molecule has 1 amide bonds. The monoisotopic (exact) mass is 405 g/mol.